The fraction of sp³-hybridized carbons (Fsp3) is 0.125. The third kappa shape index (κ3) is 4.71. The normalized spacial score (nSPS) is 11.6. The van der Waals surface area contributed by atoms with Gasteiger partial charge < -0.3 is 15.8 Å². The Hall–Kier alpha value is -2.05. The van der Waals surface area contributed by atoms with Gasteiger partial charge in [-0.2, -0.15) is 0 Å². The minimum absolute atomic E-state index is 0.200. The van der Waals surface area contributed by atoms with E-state index in [1.165, 1.54) is 6.92 Å². The van der Waals surface area contributed by atoms with Crippen LogP contribution in [0.1, 0.15) is 17.3 Å². The third-order valence-corrected chi connectivity index (χ3v) is 3.75. The van der Waals surface area contributed by atoms with Crippen LogP contribution in [-0.4, -0.2) is 18.0 Å². The molecule has 23 heavy (non-hydrogen) atoms. The molecule has 0 heterocycles. The molecule has 0 radical (unpaired) electrons. The lowest BCUT2D eigenvalue weighted by molar-refractivity contribution is -0.123. The number of amides is 1. The Morgan fingerprint density at radius 2 is 1.87 bits per heavy atom. The summed E-state index contributed by atoms with van der Waals surface area (Å²) in [4.78, 5) is 24.2. The second kappa shape index (κ2) is 7.48. The Balaban J connectivity index is 2.01. The highest BCUT2D eigenvalue weighted by Crippen LogP contribution is 2.20. The highest BCUT2D eigenvalue weighted by Gasteiger charge is 2.20. The summed E-state index contributed by atoms with van der Waals surface area (Å²) in [5, 5.41) is 3.20. The number of benzene rings is 2. The number of halogens is 2. The minimum Gasteiger partial charge on any atom is -0.449 e. The first-order valence-corrected chi connectivity index (χ1v) is 7.86. The van der Waals surface area contributed by atoms with Gasteiger partial charge >= 0.3 is 5.97 Å². The first-order valence-electron chi connectivity index (χ1n) is 6.69. The smallest absolute Gasteiger partial charge is 0.341 e. The zero-order valence-corrected chi connectivity index (χ0v) is 14.5. The maximum absolute atomic E-state index is 12.1. The Kier molecular flexibility index (Phi) is 5.63. The van der Waals surface area contributed by atoms with Gasteiger partial charge in [0.15, 0.2) is 6.10 Å². The van der Waals surface area contributed by atoms with Crippen molar-refractivity contribution in [1.82, 2.24) is 0 Å². The van der Waals surface area contributed by atoms with E-state index in [1.54, 1.807) is 42.5 Å². The van der Waals surface area contributed by atoms with Crippen LogP contribution in [0.15, 0.2) is 46.9 Å². The van der Waals surface area contributed by atoms with Crippen molar-refractivity contribution in [3.63, 3.8) is 0 Å². The molecule has 0 aliphatic carbocycles. The monoisotopic (exact) mass is 396 g/mol. The van der Waals surface area contributed by atoms with Crippen LogP contribution in [0.5, 0.6) is 0 Å². The van der Waals surface area contributed by atoms with Crippen molar-refractivity contribution in [3.05, 3.63) is 57.5 Å². The lowest BCUT2D eigenvalue weighted by Gasteiger charge is -2.14. The van der Waals surface area contributed by atoms with Gasteiger partial charge in [0.2, 0.25) is 0 Å². The molecule has 2 aromatic carbocycles. The van der Waals surface area contributed by atoms with Crippen molar-refractivity contribution in [2.24, 2.45) is 0 Å². The van der Waals surface area contributed by atoms with Crippen LogP contribution in [0.3, 0.4) is 0 Å². The fourth-order valence-corrected chi connectivity index (χ4v) is 2.25. The van der Waals surface area contributed by atoms with Gasteiger partial charge in [-0.05, 0) is 49.4 Å². The minimum atomic E-state index is -0.975. The average molecular weight is 398 g/mol. The molecular formula is C16H14BrClN2O3. The molecule has 1 amide bonds. The summed E-state index contributed by atoms with van der Waals surface area (Å²) in [5.41, 5.74) is 6.79. The number of nitrogen functional groups attached to an aromatic ring is 1. The molecule has 1 atom stereocenters. The summed E-state index contributed by atoms with van der Waals surface area (Å²) in [6.07, 6.45) is -0.975. The Labute approximate surface area is 146 Å². The number of carbonyl (C=O) groups excluding carboxylic acids is 2. The van der Waals surface area contributed by atoms with Crippen LogP contribution in [-0.2, 0) is 9.53 Å². The van der Waals surface area contributed by atoms with E-state index in [2.05, 4.69) is 21.2 Å². The molecule has 0 fully saturated rings. The number of anilines is 2. The van der Waals surface area contributed by atoms with E-state index in [9.17, 15) is 9.59 Å². The van der Waals surface area contributed by atoms with Crippen LogP contribution in [0, 0.1) is 0 Å². The predicted octanol–water partition coefficient (Wildman–Crippen LogP) is 3.87. The lowest BCUT2D eigenvalue weighted by Crippen LogP contribution is -2.30. The molecule has 0 saturated carbocycles. The standard InChI is InChI=1S/C16H14BrClN2O3/c1-9(15(21)20-12-5-3-11(18)4-6-12)23-16(22)13-8-10(17)2-7-14(13)19/h2-9H,19H2,1H3,(H,20,21)/t9-/m0/s1. The van der Waals surface area contributed by atoms with Crippen LogP contribution in [0.2, 0.25) is 5.02 Å². The maximum atomic E-state index is 12.1. The Morgan fingerprint density at radius 1 is 1.22 bits per heavy atom. The summed E-state index contributed by atoms with van der Waals surface area (Å²) in [5.74, 6) is -1.11. The van der Waals surface area contributed by atoms with E-state index in [4.69, 9.17) is 22.1 Å². The van der Waals surface area contributed by atoms with Crippen LogP contribution < -0.4 is 11.1 Å². The van der Waals surface area contributed by atoms with Gasteiger partial charge in [-0.3, -0.25) is 4.79 Å². The number of rotatable bonds is 4. The number of ether oxygens (including phenoxy) is 1. The van der Waals surface area contributed by atoms with Gasteiger partial charge in [0, 0.05) is 20.9 Å². The number of nitrogens with one attached hydrogen (secondary N) is 1. The molecule has 0 aliphatic heterocycles. The summed E-state index contributed by atoms with van der Waals surface area (Å²) in [6.45, 7) is 1.48. The zero-order chi connectivity index (χ0) is 17.0. The number of esters is 1. The van der Waals surface area contributed by atoms with Crippen LogP contribution in [0.25, 0.3) is 0 Å². The number of nitrogens with two attached hydrogens (primary N) is 1. The second-order valence-corrected chi connectivity index (χ2v) is 6.13. The SMILES string of the molecule is C[C@H](OC(=O)c1cc(Br)ccc1N)C(=O)Nc1ccc(Cl)cc1. The Bertz CT molecular complexity index is 735. The quantitative estimate of drug-likeness (QED) is 0.606. The summed E-state index contributed by atoms with van der Waals surface area (Å²) in [6, 6.07) is 11.4. The van der Waals surface area contributed by atoms with Crippen molar-refractivity contribution >= 4 is 50.8 Å². The highest BCUT2D eigenvalue weighted by atomic mass is 79.9. The molecule has 7 heteroatoms. The van der Waals surface area contributed by atoms with E-state index in [0.717, 1.165) is 0 Å². The molecule has 3 N–H and O–H groups in total. The summed E-state index contributed by atoms with van der Waals surface area (Å²) < 4.78 is 5.84. The fourth-order valence-electron chi connectivity index (χ4n) is 1.76. The Morgan fingerprint density at radius 3 is 2.52 bits per heavy atom. The summed E-state index contributed by atoms with van der Waals surface area (Å²) in [7, 11) is 0. The highest BCUT2D eigenvalue weighted by molar-refractivity contribution is 9.10. The zero-order valence-electron chi connectivity index (χ0n) is 12.2. The van der Waals surface area contributed by atoms with Crippen molar-refractivity contribution in [2.45, 2.75) is 13.0 Å². The molecule has 0 spiro atoms. The van der Waals surface area contributed by atoms with Gasteiger partial charge in [-0.1, -0.05) is 27.5 Å². The number of carbonyl (C=O) groups is 2. The molecule has 0 aliphatic rings. The molecule has 120 valence electrons. The van der Waals surface area contributed by atoms with E-state index in [1.807, 2.05) is 0 Å². The van der Waals surface area contributed by atoms with Crippen molar-refractivity contribution in [2.75, 3.05) is 11.1 Å². The van der Waals surface area contributed by atoms with Gasteiger partial charge in [0.05, 0.1) is 5.56 Å². The van der Waals surface area contributed by atoms with E-state index in [-0.39, 0.29) is 11.3 Å². The summed E-state index contributed by atoms with van der Waals surface area (Å²) >= 11 is 9.03. The molecule has 0 bridgehead atoms. The van der Waals surface area contributed by atoms with Crippen molar-refractivity contribution in [1.29, 1.82) is 0 Å². The topological polar surface area (TPSA) is 81.4 Å². The van der Waals surface area contributed by atoms with Gasteiger partial charge in [-0.25, -0.2) is 4.79 Å². The first kappa shape index (κ1) is 17.3. The largest absolute Gasteiger partial charge is 0.449 e. The maximum Gasteiger partial charge on any atom is 0.341 e. The first-order chi connectivity index (χ1) is 10.9. The molecule has 0 unspecified atom stereocenters. The molecule has 0 saturated heterocycles. The van der Waals surface area contributed by atoms with Gasteiger partial charge in [0.1, 0.15) is 0 Å². The predicted molar refractivity (Wildman–Crippen MR) is 93.5 cm³/mol. The average Bonchev–Trinajstić information content (AvgIpc) is 2.51. The van der Waals surface area contributed by atoms with E-state index in [0.29, 0.717) is 15.2 Å². The van der Waals surface area contributed by atoms with Gasteiger partial charge in [0.25, 0.3) is 5.91 Å². The molecule has 0 aromatic heterocycles. The molecule has 2 rings (SSSR count). The van der Waals surface area contributed by atoms with Crippen molar-refractivity contribution < 1.29 is 14.3 Å². The number of hydrogen-bond acceptors (Lipinski definition) is 4. The van der Waals surface area contributed by atoms with Gasteiger partial charge in [-0.15, -0.1) is 0 Å². The van der Waals surface area contributed by atoms with Crippen LogP contribution in [0.4, 0.5) is 11.4 Å². The van der Waals surface area contributed by atoms with Crippen LogP contribution >= 0.6 is 27.5 Å². The lowest BCUT2D eigenvalue weighted by atomic mass is 10.2. The molecule has 5 nitrogen and oxygen atoms in total. The van der Waals surface area contributed by atoms with Crippen molar-refractivity contribution in [3.8, 4) is 0 Å². The number of hydrogen-bond donors (Lipinski definition) is 2. The third-order valence-electron chi connectivity index (χ3n) is 3.00. The second-order valence-electron chi connectivity index (χ2n) is 4.78. The van der Waals surface area contributed by atoms with E-state index < -0.39 is 18.0 Å². The van der Waals surface area contributed by atoms with E-state index >= 15 is 0 Å². The molecule has 2 aromatic rings. The molecular weight excluding hydrogens is 384 g/mol.